The van der Waals surface area contributed by atoms with Crippen LogP contribution < -0.4 is 0 Å². The van der Waals surface area contributed by atoms with E-state index in [0.29, 0.717) is 0 Å². The quantitative estimate of drug-likeness (QED) is 0.661. The van der Waals surface area contributed by atoms with Gasteiger partial charge >= 0.3 is 33.4 Å². The van der Waals surface area contributed by atoms with Gasteiger partial charge in [-0.05, 0) is 0 Å². The Morgan fingerprint density at radius 2 is 1.00 bits per heavy atom. The average molecular weight is 216 g/mol. The first kappa shape index (κ1) is 17.7. The second kappa shape index (κ2) is 31.1. The number of carbonyl (C=O) groups excluding carboxylic acids is 2. The Labute approximate surface area is 84.4 Å². The van der Waals surface area contributed by atoms with Gasteiger partial charge in [-0.25, -0.2) is 0 Å². The van der Waals surface area contributed by atoms with Gasteiger partial charge in [-0.3, -0.25) is 0 Å². The standard InChI is InChI=1S/2C4H6.2CO.Cr/c2*1-3-4-2;2*1-2;/h2*3-4H,1-2H2;;;. The monoisotopic (exact) mass is 216 g/mol. The molecule has 0 N–H and O–H groups in total. The van der Waals surface area contributed by atoms with Crippen LogP contribution >= 0.6 is 0 Å². The van der Waals surface area contributed by atoms with Gasteiger partial charge in [-0.1, -0.05) is 50.6 Å². The predicted molar refractivity (Wildman–Crippen MR) is 52.2 cm³/mol. The summed E-state index contributed by atoms with van der Waals surface area (Å²) in [6.45, 7) is 13.4. The van der Waals surface area contributed by atoms with Gasteiger partial charge in [0.1, 0.15) is 0 Å². The summed E-state index contributed by atoms with van der Waals surface area (Å²) in [7, 11) is 0. The molecule has 0 aromatic heterocycles. The van der Waals surface area contributed by atoms with E-state index < -0.39 is 14.3 Å². The van der Waals surface area contributed by atoms with Crippen LogP contribution in [0.2, 0.25) is 0 Å². The van der Waals surface area contributed by atoms with Crippen molar-refractivity contribution in [2.75, 3.05) is 0 Å². The fourth-order valence-electron chi connectivity index (χ4n) is 0.0170. The maximum atomic E-state index is 9.05. The summed E-state index contributed by atoms with van der Waals surface area (Å²) in [4.78, 5) is 18.1. The van der Waals surface area contributed by atoms with Crippen LogP contribution in [0.1, 0.15) is 0 Å². The molecule has 0 rings (SSSR count). The molecule has 0 aliphatic rings. The van der Waals surface area contributed by atoms with Gasteiger partial charge in [-0.2, -0.15) is 0 Å². The van der Waals surface area contributed by atoms with E-state index in [1.54, 1.807) is 24.3 Å². The van der Waals surface area contributed by atoms with Crippen LogP contribution in [0.3, 0.4) is 0 Å². The van der Waals surface area contributed by atoms with Crippen LogP contribution in [0.5, 0.6) is 0 Å². The Kier molecular flexibility index (Phi) is 42.2. The molecule has 3 heteroatoms. The molecule has 0 heterocycles. The normalized spacial score (nSPS) is 4.62. The van der Waals surface area contributed by atoms with E-state index in [0.717, 1.165) is 0 Å². The third-order valence-electron chi connectivity index (χ3n) is 0.417. The Morgan fingerprint density at radius 3 is 1.00 bits per heavy atom. The van der Waals surface area contributed by atoms with Crippen LogP contribution in [-0.4, -0.2) is 9.50 Å². The van der Waals surface area contributed by atoms with Gasteiger partial charge in [-0.15, -0.1) is 0 Å². The molecule has 0 amide bonds. The molecule has 0 saturated heterocycles. The number of hydrogen-bond acceptors (Lipinski definition) is 2. The van der Waals surface area contributed by atoms with Gasteiger partial charge in [0.25, 0.3) is 0 Å². The molecule has 0 bridgehead atoms. The first-order valence-electron chi connectivity index (χ1n) is 3.12. The van der Waals surface area contributed by atoms with E-state index in [1.807, 2.05) is 0 Å². The van der Waals surface area contributed by atoms with Gasteiger partial charge in [0.15, 0.2) is 0 Å². The second-order valence-corrected chi connectivity index (χ2v) is 2.05. The fourth-order valence-corrected chi connectivity index (χ4v) is 0.0701. The van der Waals surface area contributed by atoms with Crippen LogP contribution in [0.15, 0.2) is 50.6 Å². The summed E-state index contributed by atoms with van der Waals surface area (Å²) in [6, 6.07) is 0. The molecule has 0 aromatic carbocycles. The summed E-state index contributed by atoms with van der Waals surface area (Å²) < 4.78 is 2.81. The number of hydrogen-bond donors (Lipinski definition) is 0. The van der Waals surface area contributed by atoms with E-state index in [1.165, 1.54) is 9.50 Å². The van der Waals surface area contributed by atoms with E-state index in [2.05, 4.69) is 26.3 Å². The van der Waals surface area contributed by atoms with Crippen molar-refractivity contribution >= 4 is 9.50 Å². The Hall–Kier alpha value is -1.35. The van der Waals surface area contributed by atoms with Crippen molar-refractivity contribution in [1.82, 2.24) is 0 Å². The minimum atomic E-state index is -0.653. The molecule has 70 valence electrons. The zero-order chi connectivity index (χ0) is 10.9. The first-order valence-corrected chi connectivity index (χ1v) is 4.39. The molecule has 0 aromatic rings. The molecule has 0 fully saturated rings. The summed E-state index contributed by atoms with van der Waals surface area (Å²) in [5, 5.41) is 0. The Bertz CT molecular complexity index is 214. The summed E-state index contributed by atoms with van der Waals surface area (Å²) in [5.41, 5.74) is 0. The zero-order valence-electron chi connectivity index (χ0n) is 7.36. The van der Waals surface area contributed by atoms with E-state index >= 15 is 0 Å². The van der Waals surface area contributed by atoms with Crippen molar-refractivity contribution in [3.05, 3.63) is 50.6 Å². The first-order chi connectivity index (χ1) is 6.24. The maximum absolute atomic E-state index is 9.05. The van der Waals surface area contributed by atoms with E-state index in [9.17, 15) is 0 Å². The van der Waals surface area contributed by atoms with Crippen LogP contribution in [0.25, 0.3) is 0 Å². The molecule has 0 saturated carbocycles. The van der Waals surface area contributed by atoms with Crippen molar-refractivity contribution in [2.45, 2.75) is 0 Å². The van der Waals surface area contributed by atoms with Gasteiger partial charge in [0.05, 0.1) is 0 Å². The molecule has 0 aliphatic carbocycles. The predicted octanol–water partition coefficient (Wildman–Crippen LogP) is 1.92. The van der Waals surface area contributed by atoms with E-state index in [4.69, 9.17) is 9.59 Å². The Balaban J connectivity index is -0.000000117. The van der Waals surface area contributed by atoms with Crippen molar-refractivity contribution in [3.63, 3.8) is 0 Å². The van der Waals surface area contributed by atoms with Crippen molar-refractivity contribution in [2.24, 2.45) is 0 Å². The second-order valence-electron chi connectivity index (χ2n) is 1.21. The van der Waals surface area contributed by atoms with Gasteiger partial charge < -0.3 is 0 Å². The average Bonchev–Trinajstić information content (AvgIpc) is 2.20. The van der Waals surface area contributed by atoms with Crippen molar-refractivity contribution in [3.8, 4) is 0 Å². The SMILES string of the molecule is C=CC=C.C=CC=C.O=[C]=[Cr]=[C]=O. The third-order valence-corrected chi connectivity index (χ3v) is 0.677. The molecule has 0 atom stereocenters. The molecule has 0 radical (unpaired) electrons. The topological polar surface area (TPSA) is 34.1 Å². The van der Waals surface area contributed by atoms with Crippen LogP contribution in [-0.2, 0) is 23.9 Å². The Morgan fingerprint density at radius 1 is 0.769 bits per heavy atom. The number of rotatable bonds is 2. The minimum absolute atomic E-state index is 0.653. The van der Waals surface area contributed by atoms with Gasteiger partial charge in [0, 0.05) is 0 Å². The molecular formula is C10H12CrO2. The van der Waals surface area contributed by atoms with Crippen LogP contribution in [0, 0.1) is 0 Å². The fraction of sp³-hybridized carbons (Fsp3) is 0. The number of allylic oxidation sites excluding steroid dienone is 4. The summed E-state index contributed by atoms with van der Waals surface area (Å²) in [6.07, 6.45) is 6.56. The van der Waals surface area contributed by atoms with Crippen LogP contribution in [0.4, 0.5) is 0 Å². The zero-order valence-corrected chi connectivity index (χ0v) is 8.64. The van der Waals surface area contributed by atoms with Crippen molar-refractivity contribution in [1.29, 1.82) is 0 Å². The summed E-state index contributed by atoms with van der Waals surface area (Å²) in [5.74, 6) is 0. The summed E-state index contributed by atoms with van der Waals surface area (Å²) >= 11 is -0.653. The van der Waals surface area contributed by atoms with E-state index in [-0.39, 0.29) is 0 Å². The molecule has 2 nitrogen and oxygen atoms in total. The molecule has 0 aliphatic heterocycles. The molecular weight excluding hydrogens is 204 g/mol. The molecule has 0 spiro atoms. The molecule has 0 unspecified atom stereocenters. The van der Waals surface area contributed by atoms with Gasteiger partial charge in [0.2, 0.25) is 0 Å². The van der Waals surface area contributed by atoms with Crippen molar-refractivity contribution < 1.29 is 23.9 Å². The molecule has 13 heavy (non-hydrogen) atoms. The third kappa shape index (κ3) is 113.